The number of rotatable bonds is 4. The number of ether oxygens (including phenoxy) is 1. The van der Waals surface area contributed by atoms with Gasteiger partial charge in [0.25, 0.3) is 5.91 Å². The highest BCUT2D eigenvalue weighted by Gasteiger charge is 2.27. The molecule has 6 nitrogen and oxygen atoms in total. The first-order valence-corrected chi connectivity index (χ1v) is 8.39. The van der Waals surface area contributed by atoms with Gasteiger partial charge in [0.05, 0.1) is 18.0 Å². The topological polar surface area (TPSA) is 84.5 Å². The molecule has 20 heavy (non-hydrogen) atoms. The van der Waals surface area contributed by atoms with Crippen molar-refractivity contribution in [3.05, 3.63) is 24.3 Å². The molecule has 0 radical (unpaired) electrons. The van der Waals surface area contributed by atoms with Crippen LogP contribution in [0.5, 0.6) is 5.75 Å². The van der Waals surface area contributed by atoms with E-state index in [0.717, 1.165) is 11.9 Å². The largest absolute Gasteiger partial charge is 0.477 e. The molecular weight excluding hydrogens is 280 g/mol. The highest BCUT2D eigenvalue weighted by molar-refractivity contribution is 7.90. The smallest absolute Gasteiger partial charge is 0.263 e. The van der Waals surface area contributed by atoms with E-state index >= 15 is 0 Å². The number of carbonyl (C=O) groups is 1. The van der Waals surface area contributed by atoms with Crippen molar-refractivity contribution in [2.24, 2.45) is 0 Å². The molecule has 0 saturated carbocycles. The number of nitrogens with one attached hydrogen (secondary N) is 2. The minimum Gasteiger partial charge on any atom is -0.477 e. The van der Waals surface area contributed by atoms with Crippen LogP contribution in [0.4, 0.5) is 5.69 Å². The van der Waals surface area contributed by atoms with Gasteiger partial charge in [0, 0.05) is 12.3 Å². The van der Waals surface area contributed by atoms with Crippen LogP contribution >= 0.6 is 0 Å². The van der Waals surface area contributed by atoms with E-state index < -0.39 is 22.0 Å². The molecule has 1 amide bonds. The predicted molar refractivity (Wildman–Crippen MR) is 76.7 cm³/mol. The molecule has 0 spiro atoms. The molecule has 2 rings (SSSR count). The van der Waals surface area contributed by atoms with Gasteiger partial charge in [-0.2, -0.15) is 0 Å². The van der Waals surface area contributed by atoms with Crippen molar-refractivity contribution in [1.29, 1.82) is 0 Å². The van der Waals surface area contributed by atoms with Gasteiger partial charge in [-0.15, -0.1) is 0 Å². The lowest BCUT2D eigenvalue weighted by molar-refractivity contribution is -0.128. The van der Waals surface area contributed by atoms with Crippen molar-refractivity contribution in [1.82, 2.24) is 5.32 Å². The van der Waals surface area contributed by atoms with Crippen LogP contribution in [0.3, 0.4) is 0 Å². The maximum Gasteiger partial charge on any atom is 0.263 e. The molecule has 0 saturated heterocycles. The van der Waals surface area contributed by atoms with Crippen LogP contribution in [0.15, 0.2) is 24.3 Å². The fourth-order valence-electron chi connectivity index (χ4n) is 2.09. The van der Waals surface area contributed by atoms with Gasteiger partial charge >= 0.3 is 0 Å². The first-order chi connectivity index (χ1) is 9.35. The normalized spacial score (nSPS) is 19.2. The summed E-state index contributed by atoms with van der Waals surface area (Å²) in [7, 11) is -3.12. The Morgan fingerprint density at radius 1 is 1.50 bits per heavy atom. The van der Waals surface area contributed by atoms with E-state index in [1.165, 1.54) is 0 Å². The highest BCUT2D eigenvalue weighted by Crippen LogP contribution is 2.28. The SMILES string of the molecule is CC(CS(C)(=O)=O)NC(=O)C1CNc2ccccc2O1. The van der Waals surface area contributed by atoms with Gasteiger partial charge in [-0.1, -0.05) is 12.1 Å². The third-order valence-corrected chi connectivity index (χ3v) is 3.97. The molecule has 1 aromatic carbocycles. The maximum atomic E-state index is 12.0. The van der Waals surface area contributed by atoms with E-state index in [1.807, 2.05) is 18.2 Å². The standard InChI is InChI=1S/C13H18N2O4S/c1-9(8-20(2,17)18)15-13(16)12-7-14-10-5-3-4-6-11(10)19-12/h3-6,9,12,14H,7-8H2,1-2H3,(H,15,16). The molecule has 2 unspecified atom stereocenters. The van der Waals surface area contributed by atoms with Crippen LogP contribution < -0.4 is 15.4 Å². The second-order valence-corrected chi connectivity index (χ2v) is 7.17. The zero-order valence-corrected chi connectivity index (χ0v) is 12.2. The van der Waals surface area contributed by atoms with Gasteiger partial charge in [0.15, 0.2) is 6.10 Å². The molecule has 0 aliphatic carbocycles. The Kier molecular flexibility index (Phi) is 4.17. The van der Waals surface area contributed by atoms with Crippen molar-refractivity contribution in [2.45, 2.75) is 19.1 Å². The zero-order valence-electron chi connectivity index (χ0n) is 11.4. The van der Waals surface area contributed by atoms with Gasteiger partial charge in [-0.05, 0) is 19.1 Å². The number of sulfone groups is 1. The number of para-hydroxylation sites is 2. The van der Waals surface area contributed by atoms with Gasteiger partial charge in [0.1, 0.15) is 15.6 Å². The third-order valence-electron chi connectivity index (χ3n) is 2.87. The molecule has 1 aromatic rings. The van der Waals surface area contributed by atoms with E-state index in [9.17, 15) is 13.2 Å². The lowest BCUT2D eigenvalue weighted by Gasteiger charge is -2.27. The Bertz CT molecular complexity index is 600. The first-order valence-electron chi connectivity index (χ1n) is 6.33. The summed E-state index contributed by atoms with van der Waals surface area (Å²) in [4.78, 5) is 12.0. The highest BCUT2D eigenvalue weighted by atomic mass is 32.2. The summed E-state index contributed by atoms with van der Waals surface area (Å²) in [6, 6.07) is 6.91. The first kappa shape index (κ1) is 14.6. The van der Waals surface area contributed by atoms with Crippen molar-refractivity contribution in [3.8, 4) is 5.75 Å². The van der Waals surface area contributed by atoms with Crippen LogP contribution in [0, 0.1) is 0 Å². The molecule has 2 atom stereocenters. The second-order valence-electron chi connectivity index (χ2n) is 4.99. The molecule has 1 aliphatic heterocycles. The van der Waals surface area contributed by atoms with E-state index in [-0.39, 0.29) is 11.7 Å². The van der Waals surface area contributed by atoms with E-state index in [4.69, 9.17) is 4.74 Å². The summed E-state index contributed by atoms with van der Waals surface area (Å²) in [5.74, 6) is 0.216. The van der Waals surface area contributed by atoms with Gasteiger partial charge in [0.2, 0.25) is 0 Å². The zero-order chi connectivity index (χ0) is 14.8. The summed E-state index contributed by atoms with van der Waals surface area (Å²) < 4.78 is 27.9. The van der Waals surface area contributed by atoms with Gasteiger partial charge < -0.3 is 15.4 Å². The van der Waals surface area contributed by atoms with Crippen LogP contribution in [0.2, 0.25) is 0 Å². The molecule has 0 bridgehead atoms. The van der Waals surface area contributed by atoms with E-state index in [0.29, 0.717) is 12.3 Å². The number of amides is 1. The molecule has 7 heteroatoms. The summed E-state index contributed by atoms with van der Waals surface area (Å²) in [5.41, 5.74) is 0.848. The van der Waals surface area contributed by atoms with E-state index in [1.54, 1.807) is 13.0 Å². The van der Waals surface area contributed by atoms with Crippen LogP contribution in [-0.2, 0) is 14.6 Å². The molecule has 0 fully saturated rings. The molecule has 0 aromatic heterocycles. The summed E-state index contributed by atoms with van der Waals surface area (Å²) in [6.45, 7) is 2.01. The van der Waals surface area contributed by atoms with Crippen LogP contribution in [-0.4, -0.2) is 45.0 Å². The number of benzene rings is 1. The average molecular weight is 298 g/mol. The second kappa shape index (κ2) is 5.70. The van der Waals surface area contributed by atoms with Crippen LogP contribution in [0.1, 0.15) is 6.92 Å². The molecule has 2 N–H and O–H groups in total. The summed E-state index contributed by atoms with van der Waals surface area (Å²) >= 11 is 0. The lowest BCUT2D eigenvalue weighted by Crippen LogP contribution is -2.48. The quantitative estimate of drug-likeness (QED) is 0.841. The Labute approximate surface area is 118 Å². The minimum atomic E-state index is -3.12. The predicted octanol–water partition coefficient (Wildman–Crippen LogP) is 0.409. The Balaban J connectivity index is 1.95. The average Bonchev–Trinajstić information content (AvgIpc) is 2.35. The van der Waals surface area contributed by atoms with E-state index in [2.05, 4.69) is 10.6 Å². The summed E-state index contributed by atoms with van der Waals surface area (Å²) in [5, 5.41) is 5.76. The Hall–Kier alpha value is -1.76. The number of fused-ring (bicyclic) bond motifs is 1. The Morgan fingerprint density at radius 3 is 2.90 bits per heavy atom. The van der Waals surface area contributed by atoms with Crippen LogP contribution in [0.25, 0.3) is 0 Å². The number of hydrogen-bond donors (Lipinski definition) is 2. The number of carbonyl (C=O) groups excluding carboxylic acids is 1. The van der Waals surface area contributed by atoms with Gasteiger partial charge in [-0.25, -0.2) is 8.42 Å². The minimum absolute atomic E-state index is 0.0878. The lowest BCUT2D eigenvalue weighted by atomic mass is 10.2. The van der Waals surface area contributed by atoms with Crippen molar-refractivity contribution < 1.29 is 17.9 Å². The fourth-order valence-corrected chi connectivity index (χ4v) is 3.08. The third kappa shape index (κ3) is 3.86. The van der Waals surface area contributed by atoms with Gasteiger partial charge in [-0.3, -0.25) is 4.79 Å². The van der Waals surface area contributed by atoms with Crippen molar-refractivity contribution in [2.75, 3.05) is 23.9 Å². The number of anilines is 1. The Morgan fingerprint density at radius 2 is 2.20 bits per heavy atom. The molecule has 1 aliphatic rings. The maximum absolute atomic E-state index is 12.0. The van der Waals surface area contributed by atoms with Crippen molar-refractivity contribution in [3.63, 3.8) is 0 Å². The summed E-state index contributed by atoms with van der Waals surface area (Å²) in [6.07, 6.45) is 0.483. The monoisotopic (exact) mass is 298 g/mol. The molecule has 1 heterocycles. The fraction of sp³-hybridized carbons (Fsp3) is 0.462. The van der Waals surface area contributed by atoms with Crippen molar-refractivity contribution >= 4 is 21.4 Å². The molecule has 110 valence electrons. The molecular formula is C13H18N2O4S. The number of hydrogen-bond acceptors (Lipinski definition) is 5.